The number of nitrogens with zero attached hydrogens (tertiary/aromatic N) is 3. The van der Waals surface area contributed by atoms with Crippen molar-refractivity contribution in [3.63, 3.8) is 0 Å². The highest BCUT2D eigenvalue weighted by atomic mass is 32.2. The molecule has 2 N–H and O–H groups in total. The molecule has 2 heterocycles. The minimum absolute atomic E-state index is 0.184. The van der Waals surface area contributed by atoms with E-state index in [9.17, 15) is 23.1 Å². The van der Waals surface area contributed by atoms with Crippen LogP contribution in [0.1, 0.15) is 37.9 Å². The molecule has 2 aliphatic rings. The van der Waals surface area contributed by atoms with Gasteiger partial charge in [0, 0.05) is 56.1 Å². The molecule has 0 bridgehead atoms. The smallest absolute Gasteiger partial charge is 0.374 e. The van der Waals surface area contributed by atoms with Crippen LogP contribution in [-0.2, 0) is 17.4 Å². The fourth-order valence-electron chi connectivity index (χ4n) is 4.30. The summed E-state index contributed by atoms with van der Waals surface area (Å²) in [7, 11) is 1.36. The van der Waals surface area contributed by atoms with Crippen LogP contribution in [0.15, 0.2) is 12.4 Å². The summed E-state index contributed by atoms with van der Waals surface area (Å²) >= 11 is 1.89. The third-order valence-corrected chi connectivity index (χ3v) is 6.85. The zero-order valence-corrected chi connectivity index (χ0v) is 16.8. The number of halogens is 3. The Bertz CT molecular complexity index is 685. The number of aromatic nitrogens is 2. The first-order valence-corrected chi connectivity index (χ1v) is 10.7. The summed E-state index contributed by atoms with van der Waals surface area (Å²) in [5.74, 6) is 0.657. The van der Waals surface area contributed by atoms with Crippen LogP contribution in [0.2, 0.25) is 0 Å². The molecule has 1 aliphatic heterocycles. The molecule has 0 radical (unpaired) electrons. The largest absolute Gasteiger partial charge is 0.425 e. The number of carbonyl (C=O) groups is 1. The van der Waals surface area contributed by atoms with Crippen LogP contribution < -0.4 is 5.32 Å². The van der Waals surface area contributed by atoms with Crippen LogP contribution in [0.25, 0.3) is 0 Å². The normalized spacial score (nSPS) is 22.8. The number of thioether (sulfide) groups is 1. The van der Waals surface area contributed by atoms with Gasteiger partial charge in [0.05, 0.1) is 6.42 Å². The van der Waals surface area contributed by atoms with Crippen LogP contribution in [-0.4, -0.2) is 68.3 Å². The Labute approximate surface area is 166 Å². The van der Waals surface area contributed by atoms with Crippen molar-refractivity contribution in [1.29, 1.82) is 0 Å². The number of rotatable bonds is 6. The van der Waals surface area contributed by atoms with Crippen molar-refractivity contribution in [2.45, 2.75) is 49.4 Å². The maximum absolute atomic E-state index is 13.6. The van der Waals surface area contributed by atoms with Crippen molar-refractivity contribution in [3.05, 3.63) is 18.2 Å². The average molecular weight is 421 g/mol. The van der Waals surface area contributed by atoms with Crippen molar-refractivity contribution >= 4 is 17.7 Å². The van der Waals surface area contributed by atoms with Gasteiger partial charge >= 0.3 is 6.18 Å². The van der Waals surface area contributed by atoms with Crippen molar-refractivity contribution in [2.24, 2.45) is 7.05 Å². The maximum atomic E-state index is 13.6. The molecule has 6 nitrogen and oxygen atoms in total. The second-order valence-electron chi connectivity index (χ2n) is 7.70. The highest BCUT2D eigenvalue weighted by Gasteiger charge is 2.58. The third-order valence-electron chi connectivity index (χ3n) is 5.91. The molecule has 10 heteroatoms. The second kappa shape index (κ2) is 8.23. The molecule has 1 saturated carbocycles. The van der Waals surface area contributed by atoms with Gasteiger partial charge in [-0.3, -0.25) is 9.69 Å². The monoisotopic (exact) mass is 420 g/mol. The number of hydrogen-bond acceptors (Lipinski definition) is 5. The van der Waals surface area contributed by atoms with Crippen molar-refractivity contribution in [1.82, 2.24) is 19.8 Å². The lowest BCUT2D eigenvalue weighted by atomic mass is 9.93. The van der Waals surface area contributed by atoms with E-state index in [1.165, 1.54) is 19.4 Å². The number of hydrogen-bond donors (Lipinski definition) is 2. The van der Waals surface area contributed by atoms with Crippen molar-refractivity contribution in [3.8, 4) is 0 Å². The van der Waals surface area contributed by atoms with Gasteiger partial charge in [0.1, 0.15) is 0 Å². The van der Waals surface area contributed by atoms with E-state index >= 15 is 0 Å². The zero-order valence-electron chi connectivity index (χ0n) is 16.0. The average Bonchev–Trinajstić information content (AvgIpc) is 3.30. The number of carbonyl (C=O) groups excluding carboxylic acids is 1. The lowest BCUT2D eigenvalue weighted by molar-refractivity contribution is -0.271. The highest BCUT2D eigenvalue weighted by Crippen LogP contribution is 2.41. The fraction of sp³-hybridized carbons (Fsp3) is 0.778. The van der Waals surface area contributed by atoms with Gasteiger partial charge < -0.3 is 15.0 Å². The molecule has 1 saturated heterocycles. The lowest BCUT2D eigenvalue weighted by Crippen LogP contribution is -2.57. The zero-order chi connectivity index (χ0) is 20.4. The van der Waals surface area contributed by atoms with Crippen LogP contribution in [0.4, 0.5) is 13.2 Å². The van der Waals surface area contributed by atoms with Gasteiger partial charge in [-0.1, -0.05) is 12.8 Å². The molecule has 1 atom stereocenters. The molecule has 0 unspecified atom stereocenters. The minimum atomic E-state index is -5.02. The summed E-state index contributed by atoms with van der Waals surface area (Å²) in [6.07, 6.45) is 0.337. The van der Waals surface area contributed by atoms with Crippen LogP contribution in [0.5, 0.6) is 0 Å². The Hall–Kier alpha value is -1.26. The molecular formula is C18H27F3N4O2S. The number of imidazole rings is 1. The van der Waals surface area contributed by atoms with E-state index in [0.29, 0.717) is 6.54 Å². The Morgan fingerprint density at radius 1 is 1.32 bits per heavy atom. The van der Waals surface area contributed by atoms with E-state index in [4.69, 9.17) is 0 Å². The molecule has 1 amide bonds. The van der Waals surface area contributed by atoms with Crippen molar-refractivity contribution < 1.29 is 23.1 Å². The third kappa shape index (κ3) is 4.18. The first-order valence-electron chi connectivity index (χ1n) is 9.54. The molecule has 0 spiro atoms. The number of alkyl halides is 3. The fourth-order valence-corrected chi connectivity index (χ4v) is 5.21. The number of aryl methyl sites for hydroxylation is 1. The first-order chi connectivity index (χ1) is 13.2. The topological polar surface area (TPSA) is 70.4 Å². The van der Waals surface area contributed by atoms with Gasteiger partial charge in [0.25, 0.3) is 0 Å². The molecule has 1 aromatic rings. The van der Waals surface area contributed by atoms with E-state index in [-0.39, 0.29) is 5.54 Å². The Morgan fingerprint density at radius 3 is 2.50 bits per heavy atom. The first kappa shape index (κ1) is 21.4. The van der Waals surface area contributed by atoms with E-state index in [2.05, 4.69) is 15.2 Å². The number of nitrogens with one attached hydrogen (secondary N) is 1. The second-order valence-corrected chi connectivity index (χ2v) is 8.93. The lowest BCUT2D eigenvalue weighted by Gasteiger charge is -2.43. The molecule has 2 fully saturated rings. The molecule has 3 rings (SSSR count). The SMILES string of the molecule is Cn1ccnc1[C@](O)(CC(=O)NCC1(N2CCSCC2)CCCC1)C(F)(F)F. The van der Waals surface area contributed by atoms with E-state index < -0.39 is 29.9 Å². The van der Waals surface area contributed by atoms with Crippen LogP contribution >= 0.6 is 11.8 Å². The highest BCUT2D eigenvalue weighted by molar-refractivity contribution is 7.99. The molecule has 158 valence electrons. The van der Waals surface area contributed by atoms with Gasteiger partial charge in [-0.05, 0) is 12.8 Å². The molecular weight excluding hydrogens is 393 g/mol. The maximum Gasteiger partial charge on any atom is 0.425 e. The van der Waals surface area contributed by atoms with Crippen LogP contribution in [0.3, 0.4) is 0 Å². The number of aliphatic hydroxyl groups is 1. The summed E-state index contributed by atoms with van der Waals surface area (Å²) in [5.41, 5.74) is -3.50. The summed E-state index contributed by atoms with van der Waals surface area (Å²) in [6.45, 7) is 2.17. The summed E-state index contributed by atoms with van der Waals surface area (Å²) in [5, 5.41) is 13.1. The van der Waals surface area contributed by atoms with Gasteiger partial charge in [-0.15, -0.1) is 0 Å². The predicted octanol–water partition coefficient (Wildman–Crippen LogP) is 2.04. The van der Waals surface area contributed by atoms with Gasteiger partial charge in [-0.2, -0.15) is 24.9 Å². The summed E-state index contributed by atoms with van der Waals surface area (Å²) in [4.78, 5) is 18.5. The molecule has 28 heavy (non-hydrogen) atoms. The van der Waals surface area contributed by atoms with Gasteiger partial charge in [0.2, 0.25) is 11.5 Å². The van der Waals surface area contributed by atoms with Gasteiger partial charge in [0.15, 0.2) is 5.82 Å². The summed E-state index contributed by atoms with van der Waals surface area (Å²) < 4.78 is 42.0. The van der Waals surface area contributed by atoms with Gasteiger partial charge in [-0.25, -0.2) is 4.98 Å². The number of amides is 1. The molecule has 1 aliphatic carbocycles. The summed E-state index contributed by atoms with van der Waals surface area (Å²) in [6, 6.07) is 0. The molecule has 0 aromatic carbocycles. The quantitative estimate of drug-likeness (QED) is 0.737. The van der Waals surface area contributed by atoms with E-state index in [0.717, 1.165) is 54.8 Å². The predicted molar refractivity (Wildman–Crippen MR) is 101 cm³/mol. The van der Waals surface area contributed by atoms with Crippen LogP contribution in [0, 0.1) is 0 Å². The Kier molecular flexibility index (Phi) is 6.31. The van der Waals surface area contributed by atoms with E-state index in [1.54, 1.807) is 0 Å². The Morgan fingerprint density at radius 2 is 1.96 bits per heavy atom. The Balaban J connectivity index is 1.70. The molecule has 1 aromatic heterocycles. The van der Waals surface area contributed by atoms with E-state index in [1.807, 2.05) is 11.8 Å². The standard InChI is InChI=1S/C18H27F3N4O2S/c1-24-7-6-22-15(24)17(27,18(19,20)21)12-14(26)23-13-16(4-2-3-5-16)25-8-10-28-11-9-25/h6-7,27H,2-5,8-13H2,1H3,(H,23,26)/t17-/m1/s1. The minimum Gasteiger partial charge on any atom is -0.374 e. The van der Waals surface area contributed by atoms with Crippen molar-refractivity contribution in [2.75, 3.05) is 31.1 Å².